The van der Waals surface area contributed by atoms with Gasteiger partial charge in [0.25, 0.3) is 11.5 Å². The van der Waals surface area contributed by atoms with Gasteiger partial charge < -0.3 is 19.9 Å². The molecule has 1 aliphatic heterocycles. The van der Waals surface area contributed by atoms with Gasteiger partial charge >= 0.3 is 6.18 Å². The van der Waals surface area contributed by atoms with Gasteiger partial charge in [-0.15, -0.1) is 0 Å². The van der Waals surface area contributed by atoms with Crippen molar-refractivity contribution < 1.29 is 27.1 Å². The quantitative estimate of drug-likeness (QED) is 0.581. The second kappa shape index (κ2) is 8.29. The summed E-state index contributed by atoms with van der Waals surface area (Å²) in [5.74, 6) is -1.81. The van der Waals surface area contributed by atoms with Crippen molar-refractivity contribution in [2.75, 3.05) is 23.3 Å². The molecule has 0 saturated carbocycles. The summed E-state index contributed by atoms with van der Waals surface area (Å²) in [4.78, 5) is 36.6. The van der Waals surface area contributed by atoms with Crippen LogP contribution >= 0.6 is 0 Å². The molecule has 3 aromatic rings. The van der Waals surface area contributed by atoms with Gasteiger partial charge in [-0.1, -0.05) is 0 Å². The van der Waals surface area contributed by atoms with Crippen LogP contribution in [-0.4, -0.2) is 40.1 Å². The number of rotatable bonds is 5. The molecule has 1 fully saturated rings. The predicted molar refractivity (Wildman–Crippen MR) is 105 cm³/mol. The summed E-state index contributed by atoms with van der Waals surface area (Å²) in [5, 5.41) is 2.50. The van der Waals surface area contributed by atoms with Gasteiger partial charge in [0.2, 0.25) is 0 Å². The van der Waals surface area contributed by atoms with Gasteiger partial charge in [-0.2, -0.15) is 13.2 Å². The standard InChI is InChI=1S/C20H15F4N5O3/c21-12-5-11(20(22,23)24)6-13(7-12)32-14-8-29(9-14)15-1-4-26-18(30)17(15)19(31)28-16-2-3-25-10-27-16/h1-7,10,14H,8-9H2,(H,26,30)(H,25,27,28,31). The first kappa shape index (κ1) is 21.3. The summed E-state index contributed by atoms with van der Waals surface area (Å²) in [6.45, 7) is 0.351. The lowest BCUT2D eigenvalue weighted by Crippen LogP contribution is -2.55. The molecule has 4 rings (SSSR count). The Bertz CT molecular complexity index is 1190. The minimum Gasteiger partial charge on any atom is -0.487 e. The maximum absolute atomic E-state index is 13.6. The molecule has 0 radical (unpaired) electrons. The zero-order chi connectivity index (χ0) is 22.9. The maximum atomic E-state index is 13.6. The summed E-state index contributed by atoms with van der Waals surface area (Å²) < 4.78 is 57.6. The first-order valence-electron chi connectivity index (χ1n) is 9.29. The van der Waals surface area contributed by atoms with Crippen molar-refractivity contribution >= 4 is 17.4 Å². The number of hydrogen-bond donors (Lipinski definition) is 2. The van der Waals surface area contributed by atoms with E-state index in [2.05, 4.69) is 20.3 Å². The van der Waals surface area contributed by atoms with Crippen LogP contribution in [0.3, 0.4) is 0 Å². The van der Waals surface area contributed by atoms with E-state index >= 15 is 0 Å². The van der Waals surface area contributed by atoms with Gasteiger partial charge in [-0.3, -0.25) is 9.59 Å². The van der Waals surface area contributed by atoms with E-state index in [1.54, 1.807) is 4.90 Å². The van der Waals surface area contributed by atoms with Crippen LogP contribution in [-0.2, 0) is 6.18 Å². The first-order chi connectivity index (χ1) is 15.2. The van der Waals surface area contributed by atoms with Gasteiger partial charge in [0.1, 0.15) is 35.4 Å². The molecular formula is C20H15F4N5O3. The minimum atomic E-state index is -4.71. The molecule has 1 aromatic carbocycles. The van der Waals surface area contributed by atoms with Crippen LogP contribution in [0.1, 0.15) is 15.9 Å². The van der Waals surface area contributed by atoms with E-state index in [4.69, 9.17) is 4.74 Å². The van der Waals surface area contributed by atoms with Crippen molar-refractivity contribution in [2.45, 2.75) is 12.3 Å². The Kier molecular flexibility index (Phi) is 5.51. The average Bonchev–Trinajstić information content (AvgIpc) is 2.70. The van der Waals surface area contributed by atoms with E-state index in [0.29, 0.717) is 11.8 Å². The van der Waals surface area contributed by atoms with Crippen molar-refractivity contribution in [3.05, 3.63) is 76.4 Å². The Hall–Kier alpha value is -3.96. The van der Waals surface area contributed by atoms with Gasteiger partial charge in [-0.25, -0.2) is 14.4 Å². The van der Waals surface area contributed by atoms with E-state index in [1.807, 2.05) is 0 Å². The molecule has 0 unspecified atom stereocenters. The first-order valence-corrected chi connectivity index (χ1v) is 9.29. The molecule has 32 heavy (non-hydrogen) atoms. The number of carbonyl (C=O) groups is 1. The fourth-order valence-electron chi connectivity index (χ4n) is 3.19. The fraction of sp³-hybridized carbons (Fsp3) is 0.200. The summed E-state index contributed by atoms with van der Waals surface area (Å²) in [6, 6.07) is 4.96. The Morgan fingerprint density at radius 3 is 2.69 bits per heavy atom. The molecule has 0 aliphatic carbocycles. The van der Waals surface area contributed by atoms with Crippen LogP contribution in [0.5, 0.6) is 5.75 Å². The van der Waals surface area contributed by atoms with E-state index in [9.17, 15) is 27.2 Å². The average molecular weight is 449 g/mol. The molecule has 8 nitrogen and oxygen atoms in total. The molecule has 2 aromatic heterocycles. The third-order valence-electron chi connectivity index (χ3n) is 4.68. The lowest BCUT2D eigenvalue weighted by atomic mass is 10.1. The number of halogens is 4. The highest BCUT2D eigenvalue weighted by molar-refractivity contribution is 6.07. The Morgan fingerprint density at radius 1 is 1.22 bits per heavy atom. The number of H-pyrrole nitrogens is 1. The molecule has 0 bridgehead atoms. The van der Waals surface area contributed by atoms with Crippen molar-refractivity contribution in [3.8, 4) is 5.75 Å². The molecule has 1 aliphatic rings. The molecule has 12 heteroatoms. The highest BCUT2D eigenvalue weighted by Gasteiger charge is 2.34. The number of alkyl halides is 3. The van der Waals surface area contributed by atoms with E-state index in [-0.39, 0.29) is 30.2 Å². The number of anilines is 2. The summed E-state index contributed by atoms with van der Waals surface area (Å²) in [7, 11) is 0. The number of pyridine rings is 1. The highest BCUT2D eigenvalue weighted by atomic mass is 19.4. The number of nitrogens with one attached hydrogen (secondary N) is 2. The van der Waals surface area contributed by atoms with Crippen LogP contribution < -0.4 is 20.5 Å². The number of aromatic nitrogens is 3. The molecule has 1 amide bonds. The molecule has 0 spiro atoms. The monoisotopic (exact) mass is 449 g/mol. The zero-order valence-corrected chi connectivity index (χ0v) is 16.2. The van der Waals surface area contributed by atoms with Crippen molar-refractivity contribution in [2.24, 2.45) is 0 Å². The number of ether oxygens (including phenoxy) is 1. The molecule has 1 saturated heterocycles. The third kappa shape index (κ3) is 4.53. The molecule has 166 valence electrons. The van der Waals surface area contributed by atoms with Gasteiger partial charge in [0, 0.05) is 18.5 Å². The van der Waals surface area contributed by atoms with Gasteiger partial charge in [0.05, 0.1) is 24.3 Å². The Balaban J connectivity index is 1.48. The zero-order valence-electron chi connectivity index (χ0n) is 16.2. The second-order valence-electron chi connectivity index (χ2n) is 6.93. The van der Waals surface area contributed by atoms with Gasteiger partial charge in [0.15, 0.2) is 0 Å². The van der Waals surface area contributed by atoms with Crippen molar-refractivity contribution in [3.63, 3.8) is 0 Å². The van der Waals surface area contributed by atoms with E-state index in [0.717, 1.165) is 12.1 Å². The number of hydrogen-bond acceptors (Lipinski definition) is 6. The predicted octanol–water partition coefficient (Wildman–Crippen LogP) is 2.84. The largest absolute Gasteiger partial charge is 0.487 e. The van der Waals surface area contributed by atoms with Crippen molar-refractivity contribution in [1.29, 1.82) is 0 Å². The molecule has 2 N–H and O–H groups in total. The fourth-order valence-corrected chi connectivity index (χ4v) is 3.19. The Labute approximate surface area is 177 Å². The van der Waals surface area contributed by atoms with Crippen LogP contribution in [0.4, 0.5) is 29.1 Å². The second-order valence-corrected chi connectivity index (χ2v) is 6.93. The normalized spacial score (nSPS) is 14.1. The van der Waals surface area contributed by atoms with Crippen LogP contribution in [0, 0.1) is 5.82 Å². The van der Waals surface area contributed by atoms with E-state index in [1.165, 1.54) is 30.9 Å². The van der Waals surface area contributed by atoms with E-state index < -0.39 is 35.1 Å². The number of benzene rings is 1. The van der Waals surface area contributed by atoms with Crippen LogP contribution in [0.2, 0.25) is 0 Å². The highest BCUT2D eigenvalue weighted by Crippen LogP contribution is 2.33. The topological polar surface area (TPSA) is 100 Å². The number of nitrogens with zero attached hydrogens (tertiary/aromatic N) is 3. The molecular weight excluding hydrogens is 434 g/mol. The van der Waals surface area contributed by atoms with Gasteiger partial charge in [-0.05, 0) is 24.3 Å². The minimum absolute atomic E-state index is 0.158. The maximum Gasteiger partial charge on any atom is 0.416 e. The number of amides is 1. The smallest absolute Gasteiger partial charge is 0.416 e. The summed E-state index contributed by atoms with van der Waals surface area (Å²) in [5.41, 5.74) is -1.62. The third-order valence-corrected chi connectivity index (χ3v) is 4.68. The van der Waals surface area contributed by atoms with Crippen LogP contribution in [0.25, 0.3) is 0 Å². The number of aromatic amines is 1. The lowest BCUT2D eigenvalue weighted by Gasteiger charge is -2.41. The summed E-state index contributed by atoms with van der Waals surface area (Å²) >= 11 is 0. The SMILES string of the molecule is O=C(Nc1ccncn1)c1c(N2CC(Oc3cc(F)cc(C(F)(F)F)c3)C2)cc[nH]c1=O. The lowest BCUT2D eigenvalue weighted by molar-refractivity contribution is -0.137. The molecule has 0 atom stereocenters. The number of carbonyl (C=O) groups excluding carboxylic acids is 1. The summed E-state index contributed by atoms with van der Waals surface area (Å²) in [6.07, 6.45) is -1.24. The van der Waals surface area contributed by atoms with Crippen molar-refractivity contribution in [1.82, 2.24) is 15.0 Å². The Morgan fingerprint density at radius 2 is 2.00 bits per heavy atom. The molecule has 3 heterocycles. The van der Waals surface area contributed by atoms with Crippen LogP contribution in [0.15, 0.2) is 53.8 Å².